The zero-order chi connectivity index (χ0) is 12.3. The maximum atomic E-state index is 5.28. The van der Waals surface area contributed by atoms with Gasteiger partial charge in [-0.1, -0.05) is 31.2 Å². The van der Waals surface area contributed by atoms with E-state index in [1.165, 1.54) is 31.1 Å². The van der Waals surface area contributed by atoms with E-state index in [9.17, 15) is 0 Å². The average Bonchev–Trinajstić information content (AvgIpc) is 2.57. The van der Waals surface area contributed by atoms with Crippen molar-refractivity contribution in [2.45, 2.75) is 56.6 Å². The molecule has 0 aromatic carbocycles. The monoisotopic (exact) mass is 270 g/mol. The van der Waals surface area contributed by atoms with Gasteiger partial charge in [-0.15, -0.1) is 0 Å². The summed E-state index contributed by atoms with van der Waals surface area (Å²) in [5.41, 5.74) is 0. The molecule has 1 aromatic heterocycles. The molecule has 0 aliphatic heterocycles. The fourth-order valence-corrected chi connectivity index (χ4v) is 5.16. The highest BCUT2D eigenvalue weighted by Gasteiger charge is 2.24. The molecule has 0 N–H and O–H groups in total. The van der Waals surface area contributed by atoms with Crippen molar-refractivity contribution in [1.29, 1.82) is 0 Å². The van der Waals surface area contributed by atoms with Gasteiger partial charge in [-0.2, -0.15) is 16.7 Å². The molecule has 5 heteroatoms. The first-order chi connectivity index (χ1) is 8.04. The molecular formula is C12H22N2OSSi. The van der Waals surface area contributed by atoms with Gasteiger partial charge >= 0.3 is 0 Å². The topological polar surface area (TPSA) is 38.9 Å². The van der Waals surface area contributed by atoms with Crippen LogP contribution in [-0.2, 0) is 5.75 Å². The maximum Gasteiger partial charge on any atom is 0.236 e. The van der Waals surface area contributed by atoms with Gasteiger partial charge in [0.2, 0.25) is 5.89 Å². The van der Waals surface area contributed by atoms with Crippen molar-refractivity contribution in [3.8, 4) is 0 Å². The minimum Gasteiger partial charge on any atom is -0.338 e. The number of nitrogens with zero attached hydrogens (tertiary/aromatic N) is 2. The van der Waals surface area contributed by atoms with Crippen LogP contribution >= 0.6 is 11.8 Å². The Morgan fingerprint density at radius 3 is 2.71 bits per heavy atom. The summed E-state index contributed by atoms with van der Waals surface area (Å²) < 4.78 is 5.28. The zero-order valence-electron chi connectivity index (χ0n) is 11.0. The van der Waals surface area contributed by atoms with E-state index in [0.29, 0.717) is 5.92 Å². The van der Waals surface area contributed by atoms with Crippen molar-refractivity contribution in [1.82, 2.24) is 10.1 Å². The Morgan fingerprint density at radius 2 is 2.12 bits per heavy atom. The number of hydrogen-bond acceptors (Lipinski definition) is 4. The number of thioether (sulfide) groups is 1. The first kappa shape index (κ1) is 13.1. The van der Waals surface area contributed by atoms with Crippen LogP contribution in [0.5, 0.6) is 0 Å². The first-order valence-electron chi connectivity index (χ1n) is 6.45. The molecule has 3 nitrogen and oxygen atoms in total. The molecule has 1 heterocycles. The summed E-state index contributed by atoms with van der Waals surface area (Å²) in [6, 6.07) is 1.36. The van der Waals surface area contributed by atoms with Crippen LogP contribution in [0.1, 0.15) is 36.9 Å². The predicted octanol–water partition coefficient (Wildman–Crippen LogP) is 3.91. The minimum absolute atomic E-state index is 0.583. The molecule has 0 atom stereocenters. The number of hydrogen-bond donors (Lipinski definition) is 0. The third kappa shape index (κ3) is 4.14. The lowest BCUT2D eigenvalue weighted by Crippen LogP contribution is -2.19. The Morgan fingerprint density at radius 1 is 1.35 bits per heavy atom. The molecule has 1 aliphatic carbocycles. The van der Waals surface area contributed by atoms with Gasteiger partial charge in [-0.05, 0) is 24.6 Å². The highest BCUT2D eigenvalue weighted by atomic mass is 32.2. The van der Waals surface area contributed by atoms with E-state index in [1.54, 1.807) is 0 Å². The molecule has 0 unspecified atom stereocenters. The smallest absolute Gasteiger partial charge is 0.236 e. The van der Waals surface area contributed by atoms with Crippen LogP contribution in [0.15, 0.2) is 4.52 Å². The van der Waals surface area contributed by atoms with Gasteiger partial charge in [0.25, 0.3) is 0 Å². The molecular weight excluding hydrogens is 248 g/mol. The lowest BCUT2D eigenvalue weighted by molar-refractivity contribution is 0.353. The summed E-state index contributed by atoms with van der Waals surface area (Å²) in [4.78, 5) is 4.48. The van der Waals surface area contributed by atoms with Crippen LogP contribution in [0.3, 0.4) is 0 Å². The largest absolute Gasteiger partial charge is 0.338 e. The highest BCUT2D eigenvalue weighted by molar-refractivity contribution is 7.98. The van der Waals surface area contributed by atoms with Crippen LogP contribution in [0.25, 0.3) is 0 Å². The van der Waals surface area contributed by atoms with E-state index in [2.05, 4.69) is 29.8 Å². The summed E-state index contributed by atoms with van der Waals surface area (Å²) in [7, 11) is -0.892. The van der Waals surface area contributed by atoms with Gasteiger partial charge in [0, 0.05) is 14.0 Å². The van der Waals surface area contributed by atoms with Crippen LogP contribution in [-0.4, -0.2) is 24.0 Å². The zero-order valence-corrected chi connectivity index (χ0v) is 12.8. The first-order valence-corrected chi connectivity index (χ1v) is 11.3. The van der Waals surface area contributed by atoms with Crippen molar-refractivity contribution in [3.63, 3.8) is 0 Å². The third-order valence-electron chi connectivity index (χ3n) is 3.18. The van der Waals surface area contributed by atoms with Crippen molar-refractivity contribution in [2.75, 3.05) is 5.75 Å². The second kappa shape index (κ2) is 5.57. The molecule has 2 rings (SSSR count). The van der Waals surface area contributed by atoms with Crippen LogP contribution in [0.4, 0.5) is 0 Å². The lowest BCUT2D eigenvalue weighted by atomic mass is 9.85. The Labute approximate surface area is 109 Å². The molecule has 0 bridgehead atoms. The van der Waals surface area contributed by atoms with E-state index in [0.717, 1.165) is 17.5 Å². The van der Waals surface area contributed by atoms with Gasteiger partial charge in [0.15, 0.2) is 5.82 Å². The molecule has 1 aliphatic rings. The third-order valence-corrected chi connectivity index (χ3v) is 6.23. The minimum atomic E-state index is -0.892. The van der Waals surface area contributed by atoms with Crippen LogP contribution in [0.2, 0.25) is 25.7 Å². The second-order valence-corrected chi connectivity index (χ2v) is 12.8. The van der Waals surface area contributed by atoms with Gasteiger partial charge in [0.1, 0.15) is 0 Å². The Balaban J connectivity index is 1.70. The van der Waals surface area contributed by atoms with E-state index in [1.807, 2.05) is 11.8 Å². The standard InChI is InChI=1S/C12H22N2OSSi/c1-17(2,3)8-7-16-9-11-13-12(14-15-11)10-5-4-6-10/h10H,4-9H2,1-3H3. The summed E-state index contributed by atoms with van der Waals surface area (Å²) in [6.07, 6.45) is 3.79. The van der Waals surface area contributed by atoms with Gasteiger partial charge < -0.3 is 4.52 Å². The summed E-state index contributed by atoms with van der Waals surface area (Å²) in [6.45, 7) is 7.23. The predicted molar refractivity (Wildman–Crippen MR) is 75.2 cm³/mol. The Bertz CT molecular complexity index is 358. The SMILES string of the molecule is C[Si](C)(C)CCSCc1nc(C2CCC2)no1. The Hall–Kier alpha value is -0.293. The average molecular weight is 270 g/mol. The molecule has 96 valence electrons. The van der Waals surface area contributed by atoms with Crippen molar-refractivity contribution in [2.24, 2.45) is 0 Å². The highest BCUT2D eigenvalue weighted by Crippen LogP contribution is 2.34. The number of rotatable bonds is 6. The Kier molecular flexibility index (Phi) is 4.30. The fraction of sp³-hybridized carbons (Fsp3) is 0.833. The van der Waals surface area contributed by atoms with E-state index in [-0.39, 0.29) is 0 Å². The molecule has 0 spiro atoms. The molecule has 0 saturated heterocycles. The molecule has 1 aromatic rings. The van der Waals surface area contributed by atoms with Crippen LogP contribution < -0.4 is 0 Å². The van der Waals surface area contributed by atoms with E-state index < -0.39 is 8.07 Å². The second-order valence-electron chi connectivity index (χ2n) is 6.04. The van der Waals surface area contributed by atoms with E-state index in [4.69, 9.17) is 4.52 Å². The molecule has 0 radical (unpaired) electrons. The summed E-state index contributed by atoms with van der Waals surface area (Å²) >= 11 is 1.92. The molecule has 1 fully saturated rings. The quantitative estimate of drug-likeness (QED) is 0.580. The van der Waals surface area contributed by atoms with Gasteiger partial charge in [0.05, 0.1) is 5.75 Å². The molecule has 1 saturated carbocycles. The van der Waals surface area contributed by atoms with Crippen LogP contribution in [0, 0.1) is 0 Å². The van der Waals surface area contributed by atoms with Crippen molar-refractivity contribution < 1.29 is 4.52 Å². The normalized spacial score (nSPS) is 17.1. The number of aromatic nitrogens is 2. The van der Waals surface area contributed by atoms with Gasteiger partial charge in [-0.25, -0.2) is 0 Å². The maximum absolute atomic E-state index is 5.28. The molecule has 0 amide bonds. The van der Waals surface area contributed by atoms with Crippen molar-refractivity contribution in [3.05, 3.63) is 11.7 Å². The summed E-state index contributed by atoms with van der Waals surface area (Å²) in [5, 5.41) is 4.07. The fourth-order valence-electron chi connectivity index (χ4n) is 1.70. The van der Waals surface area contributed by atoms with Crippen molar-refractivity contribution >= 4 is 19.8 Å². The summed E-state index contributed by atoms with van der Waals surface area (Å²) in [5.74, 6) is 4.44. The van der Waals surface area contributed by atoms with E-state index >= 15 is 0 Å². The van der Waals surface area contributed by atoms with Gasteiger partial charge in [-0.3, -0.25) is 0 Å². The molecule has 17 heavy (non-hydrogen) atoms. The lowest BCUT2D eigenvalue weighted by Gasteiger charge is -2.20.